The van der Waals surface area contributed by atoms with E-state index in [1.165, 1.54) is 4.90 Å². The lowest BCUT2D eigenvalue weighted by Crippen LogP contribution is -2.30. The molecule has 1 aromatic heterocycles. The van der Waals surface area contributed by atoms with E-state index in [-0.39, 0.29) is 11.8 Å². The fourth-order valence-electron chi connectivity index (χ4n) is 2.77. The molecule has 0 bridgehead atoms. The number of carbonyl (C=O) groups excluding carboxylic acids is 2. The molecule has 0 aliphatic carbocycles. The van der Waals surface area contributed by atoms with Crippen molar-refractivity contribution in [1.82, 2.24) is 9.88 Å². The van der Waals surface area contributed by atoms with Crippen LogP contribution in [0.1, 0.15) is 25.7 Å². The molecule has 1 fully saturated rings. The number of imide groups is 1. The smallest absolute Gasteiger partial charge is 0.229 e. The van der Waals surface area contributed by atoms with Crippen molar-refractivity contribution in [2.75, 3.05) is 18.4 Å². The molecule has 0 saturated carbocycles. The second-order valence-corrected chi connectivity index (χ2v) is 6.03. The van der Waals surface area contributed by atoms with E-state index in [1.54, 1.807) is 6.20 Å². The van der Waals surface area contributed by atoms with Crippen molar-refractivity contribution in [1.29, 1.82) is 0 Å². The van der Waals surface area contributed by atoms with Crippen molar-refractivity contribution in [3.63, 3.8) is 0 Å². The van der Waals surface area contributed by atoms with Crippen LogP contribution in [0.15, 0.2) is 30.5 Å². The summed E-state index contributed by atoms with van der Waals surface area (Å²) in [6, 6.07) is 7.58. The van der Waals surface area contributed by atoms with Crippen LogP contribution in [0.25, 0.3) is 10.9 Å². The van der Waals surface area contributed by atoms with Gasteiger partial charge in [0.1, 0.15) is 0 Å². The van der Waals surface area contributed by atoms with E-state index in [1.807, 2.05) is 24.3 Å². The molecular weight excluding hydrogens is 314 g/mol. The molecule has 120 valence electrons. The molecule has 1 aliphatic rings. The van der Waals surface area contributed by atoms with E-state index < -0.39 is 0 Å². The number of halogens is 1. The van der Waals surface area contributed by atoms with Crippen LogP contribution >= 0.6 is 11.6 Å². The Morgan fingerprint density at radius 1 is 1.13 bits per heavy atom. The Morgan fingerprint density at radius 3 is 2.70 bits per heavy atom. The van der Waals surface area contributed by atoms with E-state index in [2.05, 4.69) is 10.3 Å². The summed E-state index contributed by atoms with van der Waals surface area (Å²) in [6.45, 7) is 1.30. The molecule has 23 heavy (non-hydrogen) atoms. The Bertz CT molecular complexity index is 732. The van der Waals surface area contributed by atoms with Gasteiger partial charge >= 0.3 is 0 Å². The number of nitrogens with zero attached hydrogens (tertiary/aromatic N) is 2. The highest BCUT2D eigenvalue weighted by Gasteiger charge is 2.27. The summed E-state index contributed by atoms with van der Waals surface area (Å²) in [4.78, 5) is 28.7. The first kappa shape index (κ1) is 15.7. The molecule has 0 radical (unpaired) electrons. The minimum absolute atomic E-state index is 0.0417. The maximum absolute atomic E-state index is 11.5. The summed E-state index contributed by atoms with van der Waals surface area (Å²) in [5, 5.41) is 5.08. The molecular formula is C17H18ClN3O2. The van der Waals surface area contributed by atoms with Crippen LogP contribution < -0.4 is 5.32 Å². The maximum atomic E-state index is 11.5. The SMILES string of the molecule is O=C1CCC(=O)N1CCCCNc1ccnc2cc(Cl)ccc12. The quantitative estimate of drug-likeness (QED) is 0.652. The predicted molar refractivity (Wildman–Crippen MR) is 90.4 cm³/mol. The van der Waals surface area contributed by atoms with Crippen molar-refractivity contribution in [3.8, 4) is 0 Å². The lowest BCUT2D eigenvalue weighted by molar-refractivity contribution is -0.138. The molecule has 1 aliphatic heterocycles. The van der Waals surface area contributed by atoms with Gasteiger partial charge in [0.05, 0.1) is 5.52 Å². The van der Waals surface area contributed by atoms with Gasteiger partial charge in [-0.3, -0.25) is 19.5 Å². The Labute approximate surface area is 139 Å². The molecule has 5 nitrogen and oxygen atoms in total. The van der Waals surface area contributed by atoms with E-state index >= 15 is 0 Å². The highest BCUT2D eigenvalue weighted by atomic mass is 35.5. The lowest BCUT2D eigenvalue weighted by atomic mass is 10.2. The minimum atomic E-state index is -0.0417. The van der Waals surface area contributed by atoms with Gasteiger partial charge in [-0.15, -0.1) is 0 Å². The van der Waals surface area contributed by atoms with Gasteiger partial charge < -0.3 is 5.32 Å². The van der Waals surface area contributed by atoms with Crippen LogP contribution in [0.2, 0.25) is 5.02 Å². The van der Waals surface area contributed by atoms with Crippen molar-refractivity contribution in [3.05, 3.63) is 35.5 Å². The number of carbonyl (C=O) groups is 2. The minimum Gasteiger partial charge on any atom is -0.384 e. The summed E-state index contributed by atoms with van der Waals surface area (Å²) in [7, 11) is 0. The van der Waals surface area contributed by atoms with E-state index in [0.29, 0.717) is 24.4 Å². The van der Waals surface area contributed by atoms with Gasteiger partial charge in [0, 0.05) is 48.2 Å². The van der Waals surface area contributed by atoms with Crippen molar-refractivity contribution in [2.24, 2.45) is 0 Å². The van der Waals surface area contributed by atoms with E-state index in [4.69, 9.17) is 11.6 Å². The van der Waals surface area contributed by atoms with Crippen LogP contribution in [0.3, 0.4) is 0 Å². The van der Waals surface area contributed by atoms with E-state index in [9.17, 15) is 9.59 Å². The molecule has 0 spiro atoms. The number of hydrogen-bond acceptors (Lipinski definition) is 4. The number of fused-ring (bicyclic) bond motifs is 1. The van der Waals surface area contributed by atoms with Crippen LogP contribution in [-0.4, -0.2) is 34.8 Å². The zero-order valence-corrected chi connectivity index (χ0v) is 13.5. The number of hydrogen-bond donors (Lipinski definition) is 1. The Hall–Kier alpha value is -2.14. The third kappa shape index (κ3) is 3.62. The topological polar surface area (TPSA) is 62.3 Å². The second kappa shape index (κ2) is 6.96. The summed E-state index contributed by atoms with van der Waals surface area (Å²) in [5.74, 6) is -0.0834. The lowest BCUT2D eigenvalue weighted by Gasteiger charge is -2.14. The molecule has 6 heteroatoms. The fourth-order valence-corrected chi connectivity index (χ4v) is 2.93. The Morgan fingerprint density at radius 2 is 1.91 bits per heavy atom. The zero-order chi connectivity index (χ0) is 16.2. The van der Waals surface area contributed by atoms with Crippen molar-refractivity contribution >= 4 is 40.0 Å². The third-order valence-electron chi connectivity index (χ3n) is 3.98. The maximum Gasteiger partial charge on any atom is 0.229 e. The standard InChI is InChI=1S/C17H18ClN3O2/c18-12-3-4-13-14(7-9-20-15(13)11-12)19-8-1-2-10-21-16(22)5-6-17(21)23/h3-4,7,9,11H,1-2,5-6,8,10H2,(H,19,20). The number of aromatic nitrogens is 1. The number of likely N-dealkylation sites (tertiary alicyclic amines) is 1. The monoisotopic (exact) mass is 331 g/mol. The first-order valence-electron chi connectivity index (χ1n) is 7.76. The van der Waals surface area contributed by atoms with Crippen molar-refractivity contribution < 1.29 is 9.59 Å². The number of anilines is 1. The van der Waals surface area contributed by atoms with Crippen molar-refractivity contribution in [2.45, 2.75) is 25.7 Å². The van der Waals surface area contributed by atoms with Gasteiger partial charge in [0.2, 0.25) is 11.8 Å². The first-order chi connectivity index (χ1) is 11.1. The second-order valence-electron chi connectivity index (χ2n) is 5.59. The summed E-state index contributed by atoms with van der Waals surface area (Å²) in [5.41, 5.74) is 1.87. The molecule has 2 aromatic rings. The Kier molecular flexibility index (Phi) is 4.76. The van der Waals surface area contributed by atoms with E-state index in [0.717, 1.165) is 36.0 Å². The van der Waals surface area contributed by atoms with Crippen LogP contribution in [0.5, 0.6) is 0 Å². The van der Waals surface area contributed by atoms with Gasteiger partial charge in [-0.2, -0.15) is 0 Å². The number of nitrogens with one attached hydrogen (secondary N) is 1. The zero-order valence-electron chi connectivity index (χ0n) is 12.7. The van der Waals surface area contributed by atoms with Crippen LogP contribution in [-0.2, 0) is 9.59 Å². The highest BCUT2D eigenvalue weighted by molar-refractivity contribution is 6.31. The highest BCUT2D eigenvalue weighted by Crippen LogP contribution is 2.24. The van der Waals surface area contributed by atoms with Gasteiger partial charge in [-0.25, -0.2) is 0 Å². The summed E-state index contributed by atoms with van der Waals surface area (Å²) in [6.07, 6.45) is 4.17. The number of pyridine rings is 1. The Balaban J connectivity index is 1.51. The third-order valence-corrected chi connectivity index (χ3v) is 4.22. The van der Waals surface area contributed by atoms with Crippen LogP contribution in [0.4, 0.5) is 5.69 Å². The van der Waals surface area contributed by atoms with Gasteiger partial charge in [0.15, 0.2) is 0 Å². The molecule has 1 aromatic carbocycles. The van der Waals surface area contributed by atoms with Crippen LogP contribution in [0, 0.1) is 0 Å². The molecule has 0 atom stereocenters. The van der Waals surface area contributed by atoms with Gasteiger partial charge in [-0.05, 0) is 37.1 Å². The number of benzene rings is 1. The summed E-state index contributed by atoms with van der Waals surface area (Å²) < 4.78 is 0. The summed E-state index contributed by atoms with van der Waals surface area (Å²) >= 11 is 5.98. The number of rotatable bonds is 6. The normalized spacial score (nSPS) is 14.7. The molecule has 0 unspecified atom stereocenters. The first-order valence-corrected chi connectivity index (χ1v) is 8.14. The average Bonchev–Trinajstić information content (AvgIpc) is 2.86. The van der Waals surface area contributed by atoms with Gasteiger partial charge in [0.25, 0.3) is 0 Å². The predicted octanol–water partition coefficient (Wildman–Crippen LogP) is 3.23. The average molecular weight is 332 g/mol. The number of unbranched alkanes of at least 4 members (excludes halogenated alkanes) is 1. The molecule has 2 amide bonds. The molecule has 1 saturated heterocycles. The molecule has 1 N–H and O–H groups in total. The largest absolute Gasteiger partial charge is 0.384 e. The molecule has 2 heterocycles. The fraction of sp³-hybridized carbons (Fsp3) is 0.353. The number of amides is 2. The molecule has 3 rings (SSSR count). The van der Waals surface area contributed by atoms with Gasteiger partial charge in [-0.1, -0.05) is 11.6 Å².